The molecule has 0 radical (unpaired) electrons. The second kappa shape index (κ2) is 6.83. The molecule has 2 aromatic rings. The van der Waals surface area contributed by atoms with Crippen LogP contribution >= 0.6 is 11.6 Å². The van der Waals surface area contributed by atoms with Gasteiger partial charge in [-0.05, 0) is 25.1 Å². The summed E-state index contributed by atoms with van der Waals surface area (Å²) >= 11 is 6.36. The first-order valence-corrected chi connectivity index (χ1v) is 8.35. The quantitative estimate of drug-likeness (QED) is 0.677. The maximum atomic E-state index is 11.8. The summed E-state index contributed by atoms with van der Waals surface area (Å²) in [4.78, 5) is 13.8. The van der Waals surface area contributed by atoms with E-state index >= 15 is 0 Å². The molecule has 2 heterocycles. The van der Waals surface area contributed by atoms with Crippen LogP contribution in [0.5, 0.6) is 0 Å². The van der Waals surface area contributed by atoms with E-state index in [9.17, 15) is 4.79 Å². The predicted molar refractivity (Wildman–Crippen MR) is 93.7 cm³/mol. The van der Waals surface area contributed by atoms with Gasteiger partial charge in [0.2, 0.25) is 0 Å². The number of carbonyl (C=O) groups excluding carboxylic acids is 1. The lowest BCUT2D eigenvalue weighted by molar-refractivity contribution is -0.144. The van der Waals surface area contributed by atoms with Crippen LogP contribution < -0.4 is 5.73 Å². The van der Waals surface area contributed by atoms with E-state index in [1.807, 2.05) is 30.8 Å². The Bertz CT molecular complexity index is 772. The van der Waals surface area contributed by atoms with Crippen LogP contribution in [-0.2, 0) is 29.5 Å². The Morgan fingerprint density at radius 3 is 2.96 bits per heavy atom. The van der Waals surface area contributed by atoms with Crippen LogP contribution in [0.2, 0.25) is 5.02 Å². The fraction of sp³-hybridized carbons (Fsp3) is 0.412. The molecule has 0 amide bonds. The minimum absolute atomic E-state index is 0.197. The molecule has 0 bridgehead atoms. The van der Waals surface area contributed by atoms with Crippen LogP contribution in [0.15, 0.2) is 18.2 Å². The molecule has 3 rings (SSSR count). The lowest BCUT2D eigenvalue weighted by atomic mass is 10.0. The Hall–Kier alpha value is -2.05. The summed E-state index contributed by atoms with van der Waals surface area (Å²) in [6.45, 7) is 3.96. The minimum Gasteiger partial charge on any atom is -0.465 e. The summed E-state index contributed by atoms with van der Waals surface area (Å²) in [5, 5.41) is 5.23. The van der Waals surface area contributed by atoms with Crippen LogP contribution in [0.4, 0.5) is 5.69 Å². The zero-order valence-electron chi connectivity index (χ0n) is 13.9. The second-order valence-electron chi connectivity index (χ2n) is 5.90. The lowest BCUT2D eigenvalue weighted by Crippen LogP contribution is -2.36. The third kappa shape index (κ3) is 3.25. The van der Waals surface area contributed by atoms with E-state index in [0.29, 0.717) is 23.9 Å². The third-order valence-corrected chi connectivity index (χ3v) is 4.54. The molecular weight excluding hydrogens is 328 g/mol. The molecule has 0 saturated carbocycles. The van der Waals surface area contributed by atoms with Crippen LogP contribution in [0.3, 0.4) is 0 Å². The van der Waals surface area contributed by atoms with Crippen molar-refractivity contribution >= 4 is 23.3 Å². The Balaban J connectivity index is 1.91. The molecule has 0 spiro atoms. The van der Waals surface area contributed by atoms with Gasteiger partial charge in [0.05, 0.1) is 23.9 Å². The molecule has 6 nitrogen and oxygen atoms in total. The molecule has 0 fully saturated rings. The first-order valence-electron chi connectivity index (χ1n) is 7.97. The Morgan fingerprint density at radius 2 is 2.25 bits per heavy atom. The van der Waals surface area contributed by atoms with Crippen molar-refractivity contribution < 1.29 is 9.53 Å². The normalized spacial score (nSPS) is 14.5. The molecular formula is C17H21ClN4O2. The van der Waals surface area contributed by atoms with Gasteiger partial charge in [-0.1, -0.05) is 11.6 Å². The number of aromatic nitrogens is 2. The number of esters is 1. The number of hydrogen-bond donors (Lipinski definition) is 1. The Morgan fingerprint density at radius 1 is 1.46 bits per heavy atom. The number of nitrogen functional groups attached to an aromatic ring is 1. The number of ether oxygens (including phenoxy) is 1. The van der Waals surface area contributed by atoms with Gasteiger partial charge < -0.3 is 10.5 Å². The fourth-order valence-corrected chi connectivity index (χ4v) is 3.39. The molecule has 1 aromatic carbocycles. The number of nitrogens with two attached hydrogens (primary N) is 1. The van der Waals surface area contributed by atoms with Gasteiger partial charge in [-0.25, -0.2) is 0 Å². The molecule has 24 heavy (non-hydrogen) atoms. The molecule has 128 valence electrons. The Kier molecular flexibility index (Phi) is 4.78. The molecule has 1 aromatic heterocycles. The first-order chi connectivity index (χ1) is 11.5. The zero-order chi connectivity index (χ0) is 17.3. The third-order valence-electron chi connectivity index (χ3n) is 4.23. The minimum atomic E-state index is -0.197. The number of anilines is 1. The first kappa shape index (κ1) is 16.8. The van der Waals surface area contributed by atoms with Gasteiger partial charge in [0, 0.05) is 49.1 Å². The molecule has 0 aliphatic carbocycles. The summed E-state index contributed by atoms with van der Waals surface area (Å²) in [6.07, 6.45) is 0.838. The van der Waals surface area contributed by atoms with Crippen LogP contribution in [-0.4, -0.2) is 40.3 Å². The number of benzene rings is 1. The van der Waals surface area contributed by atoms with E-state index in [1.165, 1.54) is 5.69 Å². The van der Waals surface area contributed by atoms with Gasteiger partial charge in [-0.3, -0.25) is 14.4 Å². The standard InChI is InChI=1S/C17H21ClN4O2/c1-3-24-16(23)10-22-7-6-15-13(9-22)17(20-21(15)2)12-5-4-11(19)8-14(12)18/h4-5,8H,3,6-7,9-10,19H2,1-2H3. The molecule has 7 heteroatoms. The number of fused-ring (bicyclic) bond motifs is 1. The number of hydrogen-bond acceptors (Lipinski definition) is 5. The smallest absolute Gasteiger partial charge is 0.320 e. The number of aryl methyl sites for hydroxylation is 1. The highest BCUT2D eigenvalue weighted by molar-refractivity contribution is 6.33. The monoisotopic (exact) mass is 348 g/mol. The number of nitrogens with zero attached hydrogens (tertiary/aromatic N) is 3. The fourth-order valence-electron chi connectivity index (χ4n) is 3.11. The van der Waals surface area contributed by atoms with Crippen molar-refractivity contribution in [3.63, 3.8) is 0 Å². The number of halogens is 1. The predicted octanol–water partition coefficient (Wildman–Crippen LogP) is 2.24. The van der Waals surface area contributed by atoms with Gasteiger partial charge in [0.25, 0.3) is 0 Å². The average molecular weight is 349 g/mol. The zero-order valence-corrected chi connectivity index (χ0v) is 14.6. The molecule has 1 aliphatic rings. The number of carbonyl (C=O) groups is 1. The maximum absolute atomic E-state index is 11.8. The topological polar surface area (TPSA) is 73.4 Å². The van der Waals surface area contributed by atoms with Crippen molar-refractivity contribution in [2.24, 2.45) is 7.05 Å². The van der Waals surface area contributed by atoms with Crippen molar-refractivity contribution in [1.29, 1.82) is 0 Å². The van der Waals surface area contributed by atoms with Gasteiger partial charge in [-0.15, -0.1) is 0 Å². The summed E-state index contributed by atoms with van der Waals surface area (Å²) < 4.78 is 6.95. The van der Waals surface area contributed by atoms with Crippen molar-refractivity contribution in [1.82, 2.24) is 14.7 Å². The summed E-state index contributed by atoms with van der Waals surface area (Å²) in [5.74, 6) is -0.197. The number of rotatable bonds is 4. The largest absolute Gasteiger partial charge is 0.465 e. The van der Waals surface area contributed by atoms with Gasteiger partial charge in [0.15, 0.2) is 0 Å². The second-order valence-corrected chi connectivity index (χ2v) is 6.31. The van der Waals surface area contributed by atoms with E-state index < -0.39 is 0 Å². The SMILES string of the molecule is CCOC(=O)CN1CCc2c(c(-c3ccc(N)cc3Cl)nn2C)C1. The maximum Gasteiger partial charge on any atom is 0.320 e. The highest BCUT2D eigenvalue weighted by atomic mass is 35.5. The summed E-state index contributed by atoms with van der Waals surface area (Å²) in [7, 11) is 1.94. The van der Waals surface area contributed by atoms with E-state index in [-0.39, 0.29) is 12.5 Å². The highest BCUT2D eigenvalue weighted by Gasteiger charge is 2.26. The van der Waals surface area contributed by atoms with Gasteiger partial charge >= 0.3 is 5.97 Å². The molecule has 1 aliphatic heterocycles. The van der Waals surface area contributed by atoms with E-state index in [0.717, 1.165) is 29.8 Å². The van der Waals surface area contributed by atoms with Gasteiger partial charge in [0.1, 0.15) is 0 Å². The van der Waals surface area contributed by atoms with E-state index in [2.05, 4.69) is 10.00 Å². The summed E-state index contributed by atoms with van der Waals surface area (Å²) in [6, 6.07) is 5.45. The molecule has 0 atom stereocenters. The van der Waals surface area contributed by atoms with Crippen LogP contribution in [0, 0.1) is 0 Å². The van der Waals surface area contributed by atoms with Crippen molar-refractivity contribution in [2.45, 2.75) is 19.9 Å². The highest BCUT2D eigenvalue weighted by Crippen LogP contribution is 2.34. The average Bonchev–Trinajstić information content (AvgIpc) is 2.84. The van der Waals surface area contributed by atoms with Crippen molar-refractivity contribution in [2.75, 3.05) is 25.4 Å². The van der Waals surface area contributed by atoms with Crippen LogP contribution in [0.1, 0.15) is 18.2 Å². The van der Waals surface area contributed by atoms with Crippen molar-refractivity contribution in [3.05, 3.63) is 34.5 Å². The lowest BCUT2D eigenvalue weighted by Gasteiger charge is -2.26. The van der Waals surface area contributed by atoms with Crippen LogP contribution in [0.25, 0.3) is 11.3 Å². The molecule has 2 N–H and O–H groups in total. The van der Waals surface area contributed by atoms with E-state index in [4.69, 9.17) is 22.1 Å². The van der Waals surface area contributed by atoms with Gasteiger partial charge in [-0.2, -0.15) is 5.10 Å². The molecule has 0 unspecified atom stereocenters. The summed E-state index contributed by atoms with van der Waals surface area (Å²) in [5.41, 5.74) is 10.4. The molecule has 0 saturated heterocycles. The van der Waals surface area contributed by atoms with E-state index in [1.54, 1.807) is 6.07 Å². The van der Waals surface area contributed by atoms with Crippen molar-refractivity contribution in [3.8, 4) is 11.3 Å². The Labute approximate surface area is 146 Å².